The number of benzene rings is 1. The van der Waals surface area contributed by atoms with Gasteiger partial charge in [-0.25, -0.2) is 8.78 Å². The molecule has 19 heavy (non-hydrogen) atoms. The van der Waals surface area contributed by atoms with Gasteiger partial charge < -0.3 is 5.32 Å². The van der Waals surface area contributed by atoms with Crippen LogP contribution >= 0.6 is 0 Å². The fraction of sp³-hybridized carbons (Fsp3) is 0. The van der Waals surface area contributed by atoms with E-state index in [-0.39, 0.29) is 0 Å². The number of halogens is 2. The molecule has 0 fully saturated rings. The first-order valence-electron chi connectivity index (χ1n) is 4.68. The summed E-state index contributed by atoms with van der Waals surface area (Å²) in [5.41, 5.74) is -2.01. The molecule has 5 nitrogen and oxygen atoms in total. The first-order chi connectivity index (χ1) is 9.07. The minimum Gasteiger partial charge on any atom is -0.343 e. The van der Waals surface area contributed by atoms with E-state index >= 15 is 0 Å². The van der Waals surface area contributed by atoms with Crippen LogP contribution in [0.4, 0.5) is 14.5 Å². The number of nitrogens with one attached hydrogen (secondary N) is 1. The van der Waals surface area contributed by atoms with Crippen LogP contribution in [0, 0.1) is 57.0 Å². The van der Waals surface area contributed by atoms with Crippen LogP contribution in [0.1, 0.15) is 5.56 Å². The molecule has 0 aliphatic heterocycles. The van der Waals surface area contributed by atoms with Crippen molar-refractivity contribution >= 4 is 5.69 Å². The average molecular weight is 255 g/mol. The van der Waals surface area contributed by atoms with E-state index in [1.54, 1.807) is 0 Å². The largest absolute Gasteiger partial charge is 0.343 e. The summed E-state index contributed by atoms with van der Waals surface area (Å²) in [6.45, 7) is 0. The maximum atomic E-state index is 13.5. The van der Waals surface area contributed by atoms with Crippen molar-refractivity contribution in [3.8, 4) is 24.3 Å². The highest BCUT2D eigenvalue weighted by atomic mass is 19.1. The number of nitrogens with zero attached hydrogens (tertiary/aromatic N) is 4. The molecule has 0 saturated carbocycles. The summed E-state index contributed by atoms with van der Waals surface area (Å²) in [5, 5.41) is 36.5. The molecule has 0 amide bonds. The lowest BCUT2D eigenvalue weighted by molar-refractivity contribution is 0.600. The first kappa shape index (κ1) is 13.6. The van der Waals surface area contributed by atoms with Gasteiger partial charge in [0.05, 0.1) is 11.3 Å². The van der Waals surface area contributed by atoms with Gasteiger partial charge >= 0.3 is 0 Å². The zero-order valence-corrected chi connectivity index (χ0v) is 9.20. The van der Waals surface area contributed by atoms with Crippen LogP contribution in [-0.2, 0) is 0 Å². The third-order valence-electron chi connectivity index (χ3n) is 2.02. The molecular weight excluding hydrogens is 252 g/mol. The van der Waals surface area contributed by atoms with Crippen LogP contribution in [-0.4, -0.2) is 0 Å². The Morgan fingerprint density at radius 2 is 1.58 bits per heavy atom. The van der Waals surface area contributed by atoms with E-state index in [4.69, 9.17) is 21.0 Å². The van der Waals surface area contributed by atoms with E-state index in [1.807, 2.05) is 0 Å². The second kappa shape index (κ2) is 5.77. The Labute approximate surface area is 106 Å². The summed E-state index contributed by atoms with van der Waals surface area (Å²) in [6.07, 6.45) is 0. The Morgan fingerprint density at radius 1 is 0.947 bits per heavy atom. The fourth-order valence-electron chi connectivity index (χ4n) is 1.15. The number of hydrogen-bond acceptors (Lipinski definition) is 5. The number of nitriles is 4. The first-order valence-corrected chi connectivity index (χ1v) is 4.68. The summed E-state index contributed by atoms with van der Waals surface area (Å²) in [4.78, 5) is 0. The average Bonchev–Trinajstić information content (AvgIpc) is 2.42. The zero-order valence-electron chi connectivity index (χ0n) is 9.20. The van der Waals surface area contributed by atoms with Crippen LogP contribution in [0.5, 0.6) is 0 Å². The second-order valence-electron chi connectivity index (χ2n) is 3.13. The molecule has 0 aliphatic rings. The summed E-state index contributed by atoms with van der Waals surface area (Å²) in [6, 6.07) is 7.15. The van der Waals surface area contributed by atoms with Crippen molar-refractivity contribution in [3.63, 3.8) is 0 Å². The van der Waals surface area contributed by atoms with E-state index in [2.05, 4.69) is 5.32 Å². The highest BCUT2D eigenvalue weighted by Crippen LogP contribution is 2.21. The molecule has 0 unspecified atom stereocenters. The summed E-state index contributed by atoms with van der Waals surface area (Å²) < 4.78 is 26.8. The normalized spacial score (nSPS) is 8.32. The highest BCUT2D eigenvalue weighted by Gasteiger charge is 2.13. The molecule has 1 aromatic rings. The lowest BCUT2D eigenvalue weighted by Gasteiger charge is -2.06. The van der Waals surface area contributed by atoms with Crippen molar-refractivity contribution in [3.05, 3.63) is 40.6 Å². The molecule has 1 aromatic carbocycles. The van der Waals surface area contributed by atoms with E-state index in [9.17, 15) is 8.78 Å². The van der Waals surface area contributed by atoms with Gasteiger partial charge in [-0.1, -0.05) is 0 Å². The Hall–Kier alpha value is -3.42. The minimum absolute atomic E-state index is 0.448. The summed E-state index contributed by atoms with van der Waals surface area (Å²) in [7, 11) is 0. The third kappa shape index (κ3) is 2.82. The van der Waals surface area contributed by atoms with Gasteiger partial charge in [0.15, 0.2) is 5.57 Å². The van der Waals surface area contributed by atoms with Gasteiger partial charge in [0.25, 0.3) is 0 Å². The number of anilines is 1. The van der Waals surface area contributed by atoms with Crippen LogP contribution in [0.25, 0.3) is 0 Å². The monoisotopic (exact) mass is 255 g/mol. The zero-order chi connectivity index (χ0) is 14.4. The third-order valence-corrected chi connectivity index (χ3v) is 2.02. The van der Waals surface area contributed by atoms with Crippen molar-refractivity contribution in [2.24, 2.45) is 0 Å². The van der Waals surface area contributed by atoms with Crippen LogP contribution < -0.4 is 5.32 Å². The van der Waals surface area contributed by atoms with Crippen molar-refractivity contribution in [1.82, 2.24) is 0 Å². The maximum absolute atomic E-state index is 13.5. The molecule has 0 saturated heterocycles. The van der Waals surface area contributed by atoms with Crippen molar-refractivity contribution in [2.75, 3.05) is 5.32 Å². The Kier molecular flexibility index (Phi) is 4.15. The molecule has 1 rings (SSSR count). The van der Waals surface area contributed by atoms with Crippen LogP contribution in [0.2, 0.25) is 0 Å². The molecule has 0 bridgehead atoms. The molecular formula is C12H3F2N5. The standard InChI is InChI=1S/C12H3F2N5/c13-9-2-11(10(14)1-7(9)3-15)19-12(6-18)8(4-16)5-17/h1-2,19H. The van der Waals surface area contributed by atoms with E-state index < -0.39 is 34.2 Å². The van der Waals surface area contributed by atoms with Gasteiger partial charge in [0, 0.05) is 6.07 Å². The molecule has 90 valence electrons. The van der Waals surface area contributed by atoms with Gasteiger partial charge in [-0.05, 0) is 6.07 Å². The minimum atomic E-state index is -0.987. The summed E-state index contributed by atoms with van der Waals surface area (Å²) in [5.74, 6) is -1.97. The van der Waals surface area contributed by atoms with Gasteiger partial charge in [-0.3, -0.25) is 0 Å². The van der Waals surface area contributed by atoms with Gasteiger partial charge in [-0.2, -0.15) is 21.0 Å². The quantitative estimate of drug-likeness (QED) is 0.814. The van der Waals surface area contributed by atoms with Crippen molar-refractivity contribution in [2.45, 2.75) is 0 Å². The highest BCUT2D eigenvalue weighted by molar-refractivity contribution is 5.60. The number of rotatable bonds is 2. The molecule has 0 aliphatic carbocycles. The van der Waals surface area contributed by atoms with E-state index in [0.717, 1.165) is 0 Å². The fourth-order valence-corrected chi connectivity index (χ4v) is 1.15. The summed E-state index contributed by atoms with van der Waals surface area (Å²) >= 11 is 0. The molecule has 0 spiro atoms. The Morgan fingerprint density at radius 3 is 2.05 bits per heavy atom. The van der Waals surface area contributed by atoms with Crippen LogP contribution in [0.15, 0.2) is 23.4 Å². The topological polar surface area (TPSA) is 107 Å². The lowest BCUT2D eigenvalue weighted by Crippen LogP contribution is -2.04. The Bertz CT molecular complexity index is 707. The smallest absolute Gasteiger partial charge is 0.163 e. The molecule has 0 radical (unpaired) electrons. The molecule has 1 N–H and O–H groups in total. The van der Waals surface area contributed by atoms with Crippen molar-refractivity contribution < 1.29 is 8.78 Å². The van der Waals surface area contributed by atoms with Gasteiger partial charge in [-0.15, -0.1) is 0 Å². The van der Waals surface area contributed by atoms with E-state index in [0.29, 0.717) is 12.1 Å². The van der Waals surface area contributed by atoms with Crippen LogP contribution in [0.3, 0.4) is 0 Å². The predicted octanol–water partition coefficient (Wildman–Crippen LogP) is 2.07. The van der Waals surface area contributed by atoms with Crippen molar-refractivity contribution in [1.29, 1.82) is 21.0 Å². The molecule has 0 heterocycles. The van der Waals surface area contributed by atoms with E-state index in [1.165, 1.54) is 24.3 Å². The lowest BCUT2D eigenvalue weighted by atomic mass is 10.2. The Balaban J connectivity index is 3.30. The van der Waals surface area contributed by atoms with Gasteiger partial charge in [0.2, 0.25) is 0 Å². The van der Waals surface area contributed by atoms with Gasteiger partial charge in [0.1, 0.15) is 41.6 Å². The molecule has 7 heteroatoms. The molecule has 0 aromatic heterocycles. The SMILES string of the molecule is N#CC(C#N)=C(C#N)Nc1cc(F)c(C#N)cc1F. The number of hydrogen-bond donors (Lipinski definition) is 1. The maximum Gasteiger partial charge on any atom is 0.163 e. The molecule has 0 atom stereocenters. The predicted molar refractivity (Wildman–Crippen MR) is 58.6 cm³/mol. The second-order valence-corrected chi connectivity index (χ2v) is 3.13. The number of allylic oxidation sites excluding steroid dienone is 2.